The molecule has 3 rings (SSSR count). The molecule has 2 aromatic rings. The zero-order valence-electron chi connectivity index (χ0n) is 12.6. The number of ether oxygens (including phenoxy) is 1. The predicted octanol–water partition coefficient (Wildman–Crippen LogP) is 1.44. The van der Waals surface area contributed by atoms with E-state index in [1.54, 1.807) is 29.1 Å². The third-order valence-electron chi connectivity index (χ3n) is 4.07. The lowest BCUT2D eigenvalue weighted by Gasteiger charge is -2.27. The number of aryl methyl sites for hydroxylation is 1. The van der Waals surface area contributed by atoms with Crippen LogP contribution in [0.2, 0.25) is 0 Å². The second-order valence-electron chi connectivity index (χ2n) is 5.62. The number of hydrogen-bond acceptors (Lipinski definition) is 4. The minimum Gasteiger partial charge on any atom is -0.398 e. The number of hydrogen-bond donors (Lipinski definition) is 2. The number of aromatic nitrogens is 2. The van der Waals surface area contributed by atoms with Crippen LogP contribution in [-0.4, -0.2) is 28.8 Å². The topological polar surface area (TPSA) is 82.2 Å². The van der Waals surface area contributed by atoms with Gasteiger partial charge in [0, 0.05) is 31.1 Å². The van der Waals surface area contributed by atoms with Crippen LogP contribution in [0.1, 0.15) is 28.8 Å². The van der Waals surface area contributed by atoms with Crippen LogP contribution in [0.25, 0.3) is 0 Å². The molecule has 0 bridgehead atoms. The van der Waals surface area contributed by atoms with Gasteiger partial charge in [0.15, 0.2) is 0 Å². The number of rotatable bonds is 4. The van der Waals surface area contributed by atoms with E-state index in [4.69, 9.17) is 10.5 Å². The van der Waals surface area contributed by atoms with E-state index in [1.807, 2.05) is 19.3 Å². The van der Waals surface area contributed by atoms with Crippen molar-refractivity contribution in [1.82, 2.24) is 15.1 Å². The minimum absolute atomic E-state index is 0.183. The van der Waals surface area contributed by atoms with Gasteiger partial charge < -0.3 is 15.8 Å². The van der Waals surface area contributed by atoms with Gasteiger partial charge in [-0.05, 0) is 25.0 Å². The summed E-state index contributed by atoms with van der Waals surface area (Å²) in [6, 6.07) is 7.05. The van der Waals surface area contributed by atoms with Crippen LogP contribution in [0.5, 0.6) is 0 Å². The summed E-state index contributed by atoms with van der Waals surface area (Å²) < 4.78 is 7.70. The highest BCUT2D eigenvalue weighted by molar-refractivity contribution is 5.99. The summed E-state index contributed by atoms with van der Waals surface area (Å²) >= 11 is 0. The minimum atomic E-state index is -0.493. The molecule has 22 heavy (non-hydrogen) atoms. The number of nitrogen functional groups attached to an aromatic ring is 1. The predicted molar refractivity (Wildman–Crippen MR) is 83.3 cm³/mol. The number of amides is 1. The fourth-order valence-corrected chi connectivity index (χ4v) is 2.85. The molecular weight excluding hydrogens is 280 g/mol. The van der Waals surface area contributed by atoms with Crippen LogP contribution in [-0.2, 0) is 17.4 Å². The van der Waals surface area contributed by atoms with Crippen LogP contribution in [0.15, 0.2) is 36.7 Å². The van der Waals surface area contributed by atoms with Crippen LogP contribution >= 0.6 is 0 Å². The molecule has 1 fully saturated rings. The number of nitrogens with two attached hydrogens (primary N) is 1. The van der Waals surface area contributed by atoms with E-state index in [0.29, 0.717) is 24.4 Å². The quantitative estimate of drug-likeness (QED) is 0.837. The lowest BCUT2D eigenvalue weighted by molar-refractivity contribution is 0.00130. The normalized spacial score (nSPS) is 21.0. The highest BCUT2D eigenvalue weighted by atomic mass is 16.5. The van der Waals surface area contributed by atoms with E-state index in [0.717, 1.165) is 18.4 Å². The molecule has 2 heterocycles. The number of nitrogens with one attached hydrogen (secondary N) is 1. The van der Waals surface area contributed by atoms with Gasteiger partial charge in [-0.25, -0.2) is 0 Å². The second-order valence-corrected chi connectivity index (χ2v) is 5.62. The van der Waals surface area contributed by atoms with E-state index in [2.05, 4.69) is 10.4 Å². The van der Waals surface area contributed by atoms with Crippen molar-refractivity contribution in [1.29, 1.82) is 0 Å². The highest BCUT2D eigenvalue weighted by Crippen LogP contribution is 2.35. The summed E-state index contributed by atoms with van der Waals surface area (Å²) in [5.41, 5.74) is 7.31. The molecule has 0 aliphatic carbocycles. The first-order valence-electron chi connectivity index (χ1n) is 7.36. The Bertz CT molecular complexity index is 674. The van der Waals surface area contributed by atoms with Gasteiger partial charge >= 0.3 is 0 Å². The molecule has 1 amide bonds. The third kappa shape index (κ3) is 2.69. The molecule has 1 aliphatic rings. The first kappa shape index (κ1) is 14.6. The summed E-state index contributed by atoms with van der Waals surface area (Å²) in [7, 11) is 1.87. The number of anilines is 1. The molecule has 0 spiro atoms. The van der Waals surface area contributed by atoms with Gasteiger partial charge in [-0.15, -0.1) is 0 Å². The van der Waals surface area contributed by atoms with Crippen molar-refractivity contribution in [2.45, 2.75) is 18.4 Å². The molecule has 0 radical (unpaired) electrons. The SMILES string of the molecule is Cn1cc(C2(CNC(=O)c3ccccc3N)CCCO2)cn1. The van der Waals surface area contributed by atoms with Crippen LogP contribution in [0.4, 0.5) is 5.69 Å². The Labute approximate surface area is 129 Å². The van der Waals surface area contributed by atoms with Gasteiger partial charge in [-0.3, -0.25) is 9.48 Å². The standard InChI is InChI=1S/C16H20N4O2/c1-20-10-12(9-19-20)16(7-4-8-22-16)11-18-15(21)13-5-2-3-6-14(13)17/h2-3,5-6,9-10H,4,7-8,11,17H2,1H3,(H,18,21). The maximum absolute atomic E-state index is 12.3. The van der Waals surface area contributed by atoms with Crippen LogP contribution < -0.4 is 11.1 Å². The van der Waals surface area contributed by atoms with E-state index in [1.165, 1.54) is 0 Å². The largest absolute Gasteiger partial charge is 0.398 e. The zero-order chi connectivity index (χ0) is 15.6. The Morgan fingerprint density at radius 1 is 1.50 bits per heavy atom. The number of nitrogens with zero attached hydrogens (tertiary/aromatic N) is 2. The molecule has 1 atom stereocenters. The number of carbonyl (C=O) groups excluding carboxylic acids is 1. The lowest BCUT2D eigenvalue weighted by Crippen LogP contribution is -2.40. The molecule has 3 N–H and O–H groups in total. The summed E-state index contributed by atoms with van der Waals surface area (Å²) in [4.78, 5) is 12.3. The van der Waals surface area contributed by atoms with Crippen molar-refractivity contribution in [3.8, 4) is 0 Å². The first-order chi connectivity index (χ1) is 10.6. The molecule has 1 saturated heterocycles. The molecular formula is C16H20N4O2. The zero-order valence-corrected chi connectivity index (χ0v) is 12.6. The average molecular weight is 300 g/mol. The summed E-state index contributed by atoms with van der Waals surface area (Å²) in [5, 5.41) is 7.16. The van der Waals surface area contributed by atoms with Crippen molar-refractivity contribution >= 4 is 11.6 Å². The smallest absolute Gasteiger partial charge is 0.253 e. The molecule has 6 nitrogen and oxygen atoms in total. The Hall–Kier alpha value is -2.34. The molecule has 116 valence electrons. The van der Waals surface area contributed by atoms with E-state index in [-0.39, 0.29) is 5.91 Å². The summed E-state index contributed by atoms with van der Waals surface area (Å²) in [6.45, 7) is 1.10. The molecule has 1 aromatic heterocycles. The molecule has 6 heteroatoms. The fourth-order valence-electron chi connectivity index (χ4n) is 2.85. The summed E-state index contributed by atoms with van der Waals surface area (Å²) in [5.74, 6) is -0.183. The highest BCUT2D eigenvalue weighted by Gasteiger charge is 2.38. The maximum Gasteiger partial charge on any atom is 0.253 e. The fraction of sp³-hybridized carbons (Fsp3) is 0.375. The summed E-state index contributed by atoms with van der Waals surface area (Å²) in [6.07, 6.45) is 5.57. The molecule has 1 unspecified atom stereocenters. The Balaban J connectivity index is 1.76. The van der Waals surface area contributed by atoms with Crippen molar-refractivity contribution in [3.05, 3.63) is 47.8 Å². The van der Waals surface area contributed by atoms with E-state index in [9.17, 15) is 4.79 Å². The van der Waals surface area contributed by atoms with Crippen molar-refractivity contribution in [2.75, 3.05) is 18.9 Å². The van der Waals surface area contributed by atoms with Crippen molar-refractivity contribution in [3.63, 3.8) is 0 Å². The van der Waals surface area contributed by atoms with Gasteiger partial charge in [0.25, 0.3) is 5.91 Å². The molecule has 0 saturated carbocycles. The monoisotopic (exact) mass is 300 g/mol. The van der Waals surface area contributed by atoms with Gasteiger partial charge in [-0.2, -0.15) is 5.10 Å². The number of carbonyl (C=O) groups is 1. The van der Waals surface area contributed by atoms with Gasteiger partial charge in [0.2, 0.25) is 0 Å². The van der Waals surface area contributed by atoms with Crippen LogP contribution in [0.3, 0.4) is 0 Å². The van der Waals surface area contributed by atoms with Crippen molar-refractivity contribution in [2.24, 2.45) is 7.05 Å². The van der Waals surface area contributed by atoms with E-state index >= 15 is 0 Å². The van der Waals surface area contributed by atoms with Crippen molar-refractivity contribution < 1.29 is 9.53 Å². The second kappa shape index (κ2) is 5.81. The lowest BCUT2D eigenvalue weighted by atomic mass is 9.93. The van der Waals surface area contributed by atoms with Gasteiger partial charge in [0.05, 0.1) is 18.3 Å². The Morgan fingerprint density at radius 3 is 2.95 bits per heavy atom. The van der Waals surface area contributed by atoms with Crippen LogP contribution in [0, 0.1) is 0 Å². The van der Waals surface area contributed by atoms with E-state index < -0.39 is 5.60 Å². The maximum atomic E-state index is 12.3. The number of para-hydroxylation sites is 1. The third-order valence-corrected chi connectivity index (χ3v) is 4.07. The Kier molecular flexibility index (Phi) is 3.85. The number of benzene rings is 1. The Morgan fingerprint density at radius 2 is 2.32 bits per heavy atom. The first-order valence-corrected chi connectivity index (χ1v) is 7.36. The van der Waals surface area contributed by atoms with Gasteiger partial charge in [0.1, 0.15) is 5.60 Å². The van der Waals surface area contributed by atoms with Gasteiger partial charge in [-0.1, -0.05) is 12.1 Å². The molecule has 1 aliphatic heterocycles. The average Bonchev–Trinajstić information content (AvgIpc) is 3.15. The molecule has 1 aromatic carbocycles.